The number of nitrogens with zero attached hydrogens (tertiary/aromatic N) is 4. The van der Waals surface area contributed by atoms with Gasteiger partial charge in [0.05, 0.1) is 19.8 Å². The maximum atomic E-state index is 12.0. The maximum absolute atomic E-state index is 12.0. The van der Waals surface area contributed by atoms with Crippen LogP contribution in [0.25, 0.3) is 5.65 Å². The number of fused-ring (bicyclic) bond motifs is 1. The molecule has 0 aromatic carbocycles. The molecule has 1 aliphatic rings. The second-order valence-corrected chi connectivity index (χ2v) is 5.69. The highest BCUT2D eigenvalue weighted by molar-refractivity contribution is 5.74. The van der Waals surface area contributed by atoms with Crippen LogP contribution in [0.5, 0.6) is 0 Å². The van der Waals surface area contributed by atoms with Crippen molar-refractivity contribution < 1.29 is 9.53 Å². The van der Waals surface area contributed by atoms with Gasteiger partial charge in [-0.1, -0.05) is 6.07 Å². The van der Waals surface area contributed by atoms with Crippen LogP contribution in [-0.2, 0) is 11.3 Å². The minimum Gasteiger partial charge on any atom is -0.379 e. The Bertz CT molecular complexity index is 652. The first-order valence-corrected chi connectivity index (χ1v) is 7.85. The summed E-state index contributed by atoms with van der Waals surface area (Å²) in [4.78, 5) is 14.3. The number of morpholine rings is 1. The van der Waals surface area contributed by atoms with E-state index in [0.29, 0.717) is 12.4 Å². The van der Waals surface area contributed by atoms with E-state index in [4.69, 9.17) is 4.74 Å². The van der Waals surface area contributed by atoms with Crippen molar-refractivity contribution in [3.8, 4) is 0 Å². The van der Waals surface area contributed by atoms with Crippen LogP contribution in [0.3, 0.4) is 0 Å². The number of pyridine rings is 1. The molecule has 2 aromatic rings. The van der Waals surface area contributed by atoms with Crippen molar-refractivity contribution in [2.75, 3.05) is 32.8 Å². The predicted molar refractivity (Wildman–Crippen MR) is 85.1 cm³/mol. The standard InChI is InChI=1S/C15H22N6O2/c1-12(11-20-6-8-23-9-7-20)17-15(22)16-10-14-19-18-13-4-2-3-5-21(13)14/h2-5,12H,6-11H2,1H3,(H2,16,17,22)/t12-/m1/s1. The van der Waals surface area contributed by atoms with Gasteiger partial charge in [0.1, 0.15) is 0 Å². The van der Waals surface area contributed by atoms with Gasteiger partial charge < -0.3 is 15.4 Å². The number of nitrogens with one attached hydrogen (secondary N) is 2. The lowest BCUT2D eigenvalue weighted by molar-refractivity contribution is 0.0349. The van der Waals surface area contributed by atoms with Crippen LogP contribution < -0.4 is 10.6 Å². The second-order valence-electron chi connectivity index (χ2n) is 5.69. The molecule has 1 fully saturated rings. The Hall–Kier alpha value is -2.19. The molecule has 0 radical (unpaired) electrons. The van der Waals surface area contributed by atoms with E-state index in [1.165, 1.54) is 0 Å². The lowest BCUT2D eigenvalue weighted by Gasteiger charge is -2.29. The Balaban J connectivity index is 1.45. The van der Waals surface area contributed by atoms with Gasteiger partial charge in [0, 0.05) is 31.9 Å². The largest absolute Gasteiger partial charge is 0.379 e. The zero-order valence-corrected chi connectivity index (χ0v) is 13.2. The third kappa shape index (κ3) is 4.17. The predicted octanol–water partition coefficient (Wildman–Crippen LogP) is 0.249. The molecule has 8 heteroatoms. The molecule has 0 bridgehead atoms. The van der Waals surface area contributed by atoms with E-state index in [1.807, 2.05) is 35.7 Å². The SMILES string of the molecule is C[C@H](CN1CCOCC1)NC(=O)NCc1nnc2ccccn12. The fourth-order valence-electron chi connectivity index (χ4n) is 2.66. The molecule has 1 atom stereocenters. The van der Waals surface area contributed by atoms with Gasteiger partial charge in [0.15, 0.2) is 11.5 Å². The Morgan fingerprint density at radius 2 is 2.17 bits per heavy atom. The highest BCUT2D eigenvalue weighted by atomic mass is 16.5. The number of carbonyl (C=O) groups is 1. The normalized spacial score (nSPS) is 17.1. The molecular formula is C15H22N6O2. The summed E-state index contributed by atoms with van der Waals surface area (Å²) < 4.78 is 7.18. The number of rotatable bonds is 5. The topological polar surface area (TPSA) is 83.8 Å². The maximum Gasteiger partial charge on any atom is 0.315 e. The third-order valence-electron chi connectivity index (χ3n) is 3.80. The van der Waals surface area contributed by atoms with Gasteiger partial charge in [0.2, 0.25) is 0 Å². The summed E-state index contributed by atoms with van der Waals surface area (Å²) in [7, 11) is 0. The van der Waals surface area contributed by atoms with Gasteiger partial charge in [-0.05, 0) is 19.1 Å². The Morgan fingerprint density at radius 3 is 3.00 bits per heavy atom. The number of hydrogen-bond acceptors (Lipinski definition) is 5. The summed E-state index contributed by atoms with van der Waals surface area (Å²) in [6.45, 7) is 6.52. The fraction of sp³-hybridized carbons (Fsp3) is 0.533. The Labute approximate surface area is 134 Å². The summed E-state index contributed by atoms with van der Waals surface area (Å²) in [6.07, 6.45) is 1.88. The molecule has 8 nitrogen and oxygen atoms in total. The lowest BCUT2D eigenvalue weighted by atomic mass is 10.3. The van der Waals surface area contributed by atoms with Crippen LogP contribution in [0.15, 0.2) is 24.4 Å². The molecular weight excluding hydrogens is 296 g/mol. The molecule has 2 amide bonds. The number of carbonyl (C=O) groups excluding carboxylic acids is 1. The van der Waals surface area contributed by atoms with E-state index in [1.54, 1.807) is 0 Å². The van der Waals surface area contributed by atoms with Crippen LogP contribution in [0, 0.1) is 0 Å². The van der Waals surface area contributed by atoms with Gasteiger partial charge in [0.25, 0.3) is 0 Å². The van der Waals surface area contributed by atoms with Gasteiger partial charge in [-0.2, -0.15) is 0 Å². The summed E-state index contributed by atoms with van der Waals surface area (Å²) in [5.74, 6) is 0.705. The monoisotopic (exact) mass is 318 g/mol. The molecule has 2 N–H and O–H groups in total. The van der Waals surface area contributed by atoms with Gasteiger partial charge in [-0.15, -0.1) is 10.2 Å². The molecule has 2 aromatic heterocycles. The zero-order chi connectivity index (χ0) is 16.1. The van der Waals surface area contributed by atoms with Gasteiger partial charge in [-0.3, -0.25) is 9.30 Å². The van der Waals surface area contributed by atoms with E-state index < -0.39 is 0 Å². The second kappa shape index (κ2) is 7.38. The molecule has 1 aliphatic heterocycles. The van der Waals surface area contributed by atoms with Crippen LogP contribution in [0.2, 0.25) is 0 Å². The van der Waals surface area contributed by atoms with Crippen LogP contribution in [0.4, 0.5) is 4.79 Å². The molecule has 23 heavy (non-hydrogen) atoms. The first-order chi connectivity index (χ1) is 11.2. The lowest BCUT2D eigenvalue weighted by Crippen LogP contribution is -2.48. The first kappa shape index (κ1) is 15.7. The van der Waals surface area contributed by atoms with E-state index >= 15 is 0 Å². The quantitative estimate of drug-likeness (QED) is 0.825. The van der Waals surface area contributed by atoms with Crippen molar-refractivity contribution in [3.05, 3.63) is 30.2 Å². The molecule has 124 valence electrons. The van der Waals surface area contributed by atoms with E-state index in [2.05, 4.69) is 25.7 Å². The third-order valence-corrected chi connectivity index (χ3v) is 3.80. The summed E-state index contributed by atoms with van der Waals surface area (Å²) in [5.41, 5.74) is 0.769. The zero-order valence-electron chi connectivity index (χ0n) is 13.2. The molecule has 3 heterocycles. The van der Waals surface area contributed by atoms with Gasteiger partial charge in [-0.25, -0.2) is 4.79 Å². The van der Waals surface area contributed by atoms with Crippen molar-refractivity contribution in [2.45, 2.75) is 19.5 Å². The molecule has 0 unspecified atom stereocenters. The van der Waals surface area contributed by atoms with E-state index in [0.717, 1.165) is 38.5 Å². The van der Waals surface area contributed by atoms with Crippen molar-refractivity contribution in [1.82, 2.24) is 30.1 Å². The van der Waals surface area contributed by atoms with E-state index in [-0.39, 0.29) is 12.1 Å². The molecule has 1 saturated heterocycles. The summed E-state index contributed by atoms with van der Waals surface area (Å²) >= 11 is 0. The van der Waals surface area contributed by atoms with Crippen LogP contribution >= 0.6 is 0 Å². The fourth-order valence-corrected chi connectivity index (χ4v) is 2.66. The van der Waals surface area contributed by atoms with Crippen LogP contribution in [-0.4, -0.2) is 64.4 Å². The highest BCUT2D eigenvalue weighted by Crippen LogP contribution is 2.02. The number of aromatic nitrogens is 3. The first-order valence-electron chi connectivity index (χ1n) is 7.85. The van der Waals surface area contributed by atoms with Crippen molar-refractivity contribution in [2.24, 2.45) is 0 Å². The minimum absolute atomic E-state index is 0.0724. The summed E-state index contributed by atoms with van der Waals surface area (Å²) in [6, 6.07) is 5.56. The molecule has 0 spiro atoms. The number of ether oxygens (including phenoxy) is 1. The highest BCUT2D eigenvalue weighted by Gasteiger charge is 2.15. The van der Waals surface area contributed by atoms with E-state index in [9.17, 15) is 4.79 Å². The van der Waals surface area contributed by atoms with Crippen molar-refractivity contribution in [3.63, 3.8) is 0 Å². The Morgan fingerprint density at radius 1 is 1.35 bits per heavy atom. The Kier molecular flexibility index (Phi) is 5.04. The molecule has 3 rings (SSSR count). The molecule has 0 saturated carbocycles. The number of amides is 2. The smallest absolute Gasteiger partial charge is 0.315 e. The average Bonchev–Trinajstić information content (AvgIpc) is 2.97. The van der Waals surface area contributed by atoms with Crippen LogP contribution in [0.1, 0.15) is 12.7 Å². The van der Waals surface area contributed by atoms with Crippen molar-refractivity contribution in [1.29, 1.82) is 0 Å². The van der Waals surface area contributed by atoms with Crippen molar-refractivity contribution >= 4 is 11.7 Å². The number of hydrogen-bond donors (Lipinski definition) is 2. The average molecular weight is 318 g/mol. The minimum atomic E-state index is -0.196. The summed E-state index contributed by atoms with van der Waals surface area (Å²) in [5, 5.41) is 13.9. The van der Waals surface area contributed by atoms with Gasteiger partial charge >= 0.3 is 6.03 Å². The molecule has 0 aliphatic carbocycles. The number of urea groups is 1.